The molecule has 3 heterocycles. The van der Waals surface area contributed by atoms with Crippen molar-refractivity contribution in [3.63, 3.8) is 0 Å². The molecule has 0 fully saturated rings. The normalized spacial score (nSPS) is 11.1. The molecule has 3 aromatic heterocycles. The Morgan fingerprint density at radius 1 is 1.19 bits per heavy atom. The molecule has 0 bridgehead atoms. The summed E-state index contributed by atoms with van der Waals surface area (Å²) in [5.74, 6) is -0.631. The van der Waals surface area contributed by atoms with E-state index in [1.54, 1.807) is 40.2 Å². The molecule has 1 aromatic carbocycles. The fourth-order valence-electron chi connectivity index (χ4n) is 2.58. The molecule has 9 heteroatoms. The molecule has 0 saturated heterocycles. The summed E-state index contributed by atoms with van der Waals surface area (Å²) in [7, 11) is 0. The van der Waals surface area contributed by atoms with E-state index in [4.69, 9.17) is 23.2 Å². The highest BCUT2D eigenvalue weighted by Crippen LogP contribution is 2.32. The topological polar surface area (TPSA) is 59.3 Å². The number of hydrogen-bond donors (Lipinski definition) is 1. The van der Waals surface area contributed by atoms with E-state index in [9.17, 15) is 9.18 Å². The summed E-state index contributed by atoms with van der Waals surface area (Å²) in [6, 6.07) is 8.03. The smallest absolute Gasteiger partial charge is 0.232 e. The van der Waals surface area contributed by atoms with E-state index in [2.05, 4.69) is 15.3 Å². The Labute approximate surface area is 167 Å². The number of rotatable bonds is 4. The summed E-state index contributed by atoms with van der Waals surface area (Å²) < 4.78 is 14.8. The molecule has 0 aliphatic heterocycles. The van der Waals surface area contributed by atoms with Crippen molar-refractivity contribution in [1.29, 1.82) is 0 Å². The van der Waals surface area contributed by atoms with Crippen LogP contribution in [0.4, 0.5) is 9.52 Å². The summed E-state index contributed by atoms with van der Waals surface area (Å²) in [6.07, 6.45) is 2.99. The maximum Gasteiger partial charge on any atom is 0.232 e. The average Bonchev–Trinajstić information content (AvgIpc) is 3.20. The van der Waals surface area contributed by atoms with Crippen LogP contribution < -0.4 is 5.32 Å². The van der Waals surface area contributed by atoms with Gasteiger partial charge in [0.05, 0.1) is 22.8 Å². The number of amides is 1. The number of aromatic nitrogens is 3. The number of nitrogens with zero attached hydrogens (tertiary/aromatic N) is 3. The molecule has 1 amide bonds. The molecular weight excluding hydrogens is 410 g/mol. The van der Waals surface area contributed by atoms with Crippen molar-refractivity contribution in [2.24, 2.45) is 0 Å². The van der Waals surface area contributed by atoms with E-state index in [1.807, 2.05) is 0 Å². The van der Waals surface area contributed by atoms with Gasteiger partial charge in [0, 0.05) is 28.4 Å². The number of thiazole rings is 1. The van der Waals surface area contributed by atoms with E-state index in [0.29, 0.717) is 32.2 Å². The van der Waals surface area contributed by atoms with Gasteiger partial charge in [0.1, 0.15) is 11.5 Å². The van der Waals surface area contributed by atoms with Crippen molar-refractivity contribution < 1.29 is 9.18 Å². The van der Waals surface area contributed by atoms with Crippen molar-refractivity contribution in [1.82, 2.24) is 14.4 Å². The highest BCUT2D eigenvalue weighted by atomic mass is 35.5. The number of benzene rings is 1. The fraction of sp³-hybridized carbons (Fsp3) is 0.0556. The van der Waals surface area contributed by atoms with E-state index in [-0.39, 0.29) is 18.1 Å². The van der Waals surface area contributed by atoms with Crippen molar-refractivity contribution in [3.8, 4) is 11.3 Å². The zero-order chi connectivity index (χ0) is 19.0. The third-order valence-corrected chi connectivity index (χ3v) is 5.07. The molecule has 136 valence electrons. The number of hydrogen-bond acceptors (Lipinski definition) is 4. The summed E-state index contributed by atoms with van der Waals surface area (Å²) in [6.45, 7) is 0. The molecule has 0 unspecified atom stereocenters. The molecule has 0 atom stereocenters. The molecule has 4 aromatic rings. The molecule has 0 aliphatic rings. The first-order valence-electron chi connectivity index (χ1n) is 7.82. The first kappa shape index (κ1) is 17.9. The van der Waals surface area contributed by atoms with Crippen LogP contribution in [0.25, 0.3) is 16.9 Å². The Kier molecular flexibility index (Phi) is 4.82. The molecule has 27 heavy (non-hydrogen) atoms. The Hall–Kier alpha value is -2.48. The van der Waals surface area contributed by atoms with Crippen LogP contribution in [0.5, 0.6) is 0 Å². The van der Waals surface area contributed by atoms with Gasteiger partial charge in [-0.2, -0.15) is 0 Å². The quantitative estimate of drug-likeness (QED) is 0.500. The lowest BCUT2D eigenvalue weighted by molar-refractivity contribution is -0.115. The van der Waals surface area contributed by atoms with Crippen molar-refractivity contribution in [2.75, 3.05) is 5.32 Å². The third-order valence-electron chi connectivity index (χ3n) is 3.76. The number of carbonyl (C=O) groups excluding carboxylic acids is 1. The van der Waals surface area contributed by atoms with Gasteiger partial charge in [-0.1, -0.05) is 23.2 Å². The lowest BCUT2D eigenvalue weighted by Gasteiger charge is -2.01. The van der Waals surface area contributed by atoms with E-state index >= 15 is 0 Å². The number of nitrogens with one attached hydrogen (secondary N) is 1. The Bertz CT molecular complexity index is 1160. The van der Waals surface area contributed by atoms with Crippen LogP contribution >= 0.6 is 34.5 Å². The second-order valence-corrected chi connectivity index (χ2v) is 7.43. The predicted octanol–water partition coefficient (Wildman–Crippen LogP) is 5.08. The molecule has 0 saturated carbocycles. The molecule has 4 rings (SSSR count). The van der Waals surface area contributed by atoms with Crippen LogP contribution in [0.1, 0.15) is 5.69 Å². The molecule has 0 aliphatic carbocycles. The van der Waals surface area contributed by atoms with E-state index in [1.165, 1.54) is 23.6 Å². The number of halogens is 3. The zero-order valence-electron chi connectivity index (χ0n) is 13.6. The van der Waals surface area contributed by atoms with Crippen LogP contribution in [0.2, 0.25) is 10.0 Å². The van der Waals surface area contributed by atoms with Crippen LogP contribution in [-0.4, -0.2) is 20.3 Å². The Morgan fingerprint density at radius 3 is 2.85 bits per heavy atom. The molecule has 1 N–H and O–H groups in total. The largest absolute Gasteiger partial charge is 0.304 e. The minimum atomic E-state index is -0.368. The summed E-state index contributed by atoms with van der Waals surface area (Å²) in [4.78, 5) is 21.0. The highest BCUT2D eigenvalue weighted by Gasteiger charge is 2.13. The second-order valence-electron chi connectivity index (χ2n) is 5.73. The number of imidazole rings is 1. The number of pyridine rings is 1. The number of anilines is 1. The van der Waals surface area contributed by atoms with Gasteiger partial charge in [0.2, 0.25) is 5.91 Å². The Morgan fingerprint density at radius 2 is 2.04 bits per heavy atom. The second kappa shape index (κ2) is 7.26. The fourth-order valence-corrected chi connectivity index (χ4v) is 3.81. The maximum absolute atomic E-state index is 13.2. The SMILES string of the molecule is O=C(Cc1cn2cc(F)ccc2n1)Nc1nc(-c2ccc(Cl)cc2Cl)cs1. The maximum atomic E-state index is 13.2. The van der Waals surface area contributed by atoms with Gasteiger partial charge in [-0.25, -0.2) is 14.4 Å². The third kappa shape index (κ3) is 3.95. The minimum Gasteiger partial charge on any atom is -0.304 e. The molecule has 5 nitrogen and oxygen atoms in total. The summed E-state index contributed by atoms with van der Waals surface area (Å²) in [5.41, 5.74) is 2.50. The lowest BCUT2D eigenvalue weighted by atomic mass is 10.2. The Balaban J connectivity index is 1.47. The van der Waals surface area contributed by atoms with Crippen LogP contribution in [0.3, 0.4) is 0 Å². The first-order chi connectivity index (χ1) is 13.0. The minimum absolute atomic E-state index is 0.0555. The van der Waals surface area contributed by atoms with Gasteiger partial charge >= 0.3 is 0 Å². The standard InChI is InChI=1S/C18H11Cl2FN4OS/c19-10-1-3-13(14(20)5-10)15-9-27-18(23-15)24-17(26)6-12-8-25-7-11(21)2-4-16(25)22-12/h1-5,7-9H,6H2,(H,23,24,26). The van der Waals surface area contributed by atoms with Gasteiger partial charge < -0.3 is 9.72 Å². The summed E-state index contributed by atoms with van der Waals surface area (Å²) >= 11 is 13.4. The predicted molar refractivity (Wildman–Crippen MR) is 105 cm³/mol. The summed E-state index contributed by atoms with van der Waals surface area (Å²) in [5, 5.41) is 6.03. The highest BCUT2D eigenvalue weighted by molar-refractivity contribution is 7.14. The van der Waals surface area contributed by atoms with Gasteiger partial charge in [-0.05, 0) is 30.3 Å². The van der Waals surface area contributed by atoms with Gasteiger partial charge in [0.25, 0.3) is 0 Å². The monoisotopic (exact) mass is 420 g/mol. The first-order valence-corrected chi connectivity index (χ1v) is 9.45. The van der Waals surface area contributed by atoms with Crippen LogP contribution in [0.15, 0.2) is 48.1 Å². The lowest BCUT2D eigenvalue weighted by Crippen LogP contribution is -2.14. The molecule has 0 radical (unpaired) electrons. The van der Waals surface area contributed by atoms with Gasteiger partial charge in [0.15, 0.2) is 5.13 Å². The molecular formula is C18H11Cl2FN4OS. The van der Waals surface area contributed by atoms with Crippen molar-refractivity contribution >= 4 is 51.2 Å². The van der Waals surface area contributed by atoms with Gasteiger partial charge in [-0.3, -0.25) is 4.79 Å². The zero-order valence-corrected chi connectivity index (χ0v) is 15.9. The van der Waals surface area contributed by atoms with Gasteiger partial charge in [-0.15, -0.1) is 11.3 Å². The van der Waals surface area contributed by atoms with E-state index in [0.717, 1.165) is 5.56 Å². The molecule has 0 spiro atoms. The van der Waals surface area contributed by atoms with Crippen molar-refractivity contribution in [3.05, 3.63) is 69.7 Å². The number of fused-ring (bicyclic) bond motifs is 1. The van der Waals surface area contributed by atoms with Crippen molar-refractivity contribution in [2.45, 2.75) is 6.42 Å². The van der Waals surface area contributed by atoms with Crippen LogP contribution in [0, 0.1) is 5.82 Å². The van der Waals surface area contributed by atoms with Crippen LogP contribution in [-0.2, 0) is 11.2 Å². The van der Waals surface area contributed by atoms with E-state index < -0.39 is 0 Å². The number of carbonyl (C=O) groups is 1. The average molecular weight is 421 g/mol.